The van der Waals surface area contributed by atoms with Crippen LogP contribution in [0.2, 0.25) is 0 Å². The lowest BCUT2D eigenvalue weighted by Crippen LogP contribution is -2.35. The number of pyridine rings is 1. The van der Waals surface area contributed by atoms with Crippen LogP contribution in [0.25, 0.3) is 10.9 Å². The molecule has 2 aromatic rings. The normalized spacial score (nSPS) is 17.1. The van der Waals surface area contributed by atoms with E-state index in [0.29, 0.717) is 6.54 Å². The number of aromatic nitrogens is 2. The summed E-state index contributed by atoms with van der Waals surface area (Å²) in [5.74, 6) is -0.396. The summed E-state index contributed by atoms with van der Waals surface area (Å²) in [6.07, 6.45) is -2.74. The molecular weight excluding hydrogens is 434 g/mol. The molecule has 0 saturated carbocycles. The first kappa shape index (κ1) is 21.5. The first-order chi connectivity index (χ1) is 12.7. The molecule has 0 N–H and O–H groups in total. The van der Waals surface area contributed by atoms with Crippen molar-refractivity contribution in [2.24, 2.45) is 0 Å². The molecule has 1 aliphatic rings. The average molecular weight is 454 g/mol. The molecule has 3 heterocycles. The maximum atomic E-state index is 13.2. The average Bonchev–Trinajstić information content (AvgIpc) is 3.15. The van der Waals surface area contributed by atoms with Crippen LogP contribution in [0.1, 0.15) is 20.3 Å². The van der Waals surface area contributed by atoms with Gasteiger partial charge in [0.15, 0.2) is 0 Å². The molecule has 1 saturated heterocycles. The summed E-state index contributed by atoms with van der Waals surface area (Å²) in [5, 5.41) is 0.0735. The highest BCUT2D eigenvalue weighted by molar-refractivity contribution is 9.10. The number of rotatable bonds is 3. The van der Waals surface area contributed by atoms with Crippen LogP contribution in [0, 0.1) is 0 Å². The second kappa shape index (κ2) is 8.45. The van der Waals surface area contributed by atoms with Gasteiger partial charge in [-0.05, 0) is 28.4 Å². The van der Waals surface area contributed by atoms with Crippen LogP contribution in [-0.2, 0) is 17.9 Å². The molecular formula is C17H20BrF4N3O2. The van der Waals surface area contributed by atoms with Gasteiger partial charge in [0.25, 0.3) is 5.56 Å². The zero-order valence-corrected chi connectivity index (χ0v) is 16.5. The van der Waals surface area contributed by atoms with Crippen LogP contribution in [0.4, 0.5) is 17.6 Å². The first-order valence-electron chi connectivity index (χ1n) is 8.52. The van der Waals surface area contributed by atoms with Gasteiger partial charge in [-0.15, -0.1) is 0 Å². The molecule has 10 heteroatoms. The fraction of sp³-hybridized carbons (Fsp3) is 0.529. The molecule has 1 aliphatic heterocycles. The second-order valence-electron chi connectivity index (χ2n) is 5.95. The minimum atomic E-state index is -4.42. The summed E-state index contributed by atoms with van der Waals surface area (Å²) in [7, 11) is 0. The highest BCUT2D eigenvalue weighted by Gasteiger charge is 2.30. The molecule has 0 spiro atoms. The summed E-state index contributed by atoms with van der Waals surface area (Å²) in [4.78, 5) is 26.0. The largest absolute Gasteiger partial charge is 0.406 e. The quantitative estimate of drug-likeness (QED) is 0.664. The van der Waals surface area contributed by atoms with E-state index < -0.39 is 30.4 Å². The highest BCUT2D eigenvalue weighted by Crippen LogP contribution is 2.27. The van der Waals surface area contributed by atoms with Crippen LogP contribution in [0.3, 0.4) is 0 Å². The maximum absolute atomic E-state index is 13.2. The van der Waals surface area contributed by atoms with Gasteiger partial charge in [0.05, 0.1) is 17.4 Å². The Balaban J connectivity index is 0.00000126. The van der Waals surface area contributed by atoms with Crippen molar-refractivity contribution in [1.29, 1.82) is 0 Å². The number of nitrogens with zero attached hydrogens (tertiary/aromatic N) is 3. The number of fused-ring (bicyclic) bond motifs is 1. The van der Waals surface area contributed by atoms with E-state index in [2.05, 4.69) is 15.9 Å². The highest BCUT2D eigenvalue weighted by atomic mass is 79.9. The van der Waals surface area contributed by atoms with E-state index in [0.717, 1.165) is 9.13 Å². The number of amides is 1. The Hall–Kier alpha value is -1.84. The number of alkyl halides is 4. The topological polar surface area (TPSA) is 47.2 Å². The second-order valence-corrected chi connectivity index (χ2v) is 6.81. The van der Waals surface area contributed by atoms with Gasteiger partial charge in [-0.2, -0.15) is 13.2 Å². The van der Waals surface area contributed by atoms with Crippen molar-refractivity contribution in [3.05, 3.63) is 33.3 Å². The van der Waals surface area contributed by atoms with Crippen LogP contribution in [-0.4, -0.2) is 45.4 Å². The lowest BCUT2D eigenvalue weighted by molar-refractivity contribution is -0.139. The predicted molar refractivity (Wildman–Crippen MR) is 97.4 cm³/mol. The minimum Gasteiger partial charge on any atom is -0.338 e. The zero-order chi connectivity index (χ0) is 20.4. The van der Waals surface area contributed by atoms with Crippen molar-refractivity contribution in [3.8, 4) is 0 Å². The Morgan fingerprint density at radius 2 is 1.96 bits per heavy atom. The van der Waals surface area contributed by atoms with E-state index in [4.69, 9.17) is 0 Å². The van der Waals surface area contributed by atoms with Gasteiger partial charge in [-0.1, -0.05) is 13.8 Å². The maximum Gasteiger partial charge on any atom is 0.406 e. The van der Waals surface area contributed by atoms with Crippen LogP contribution >= 0.6 is 15.9 Å². The molecule has 1 amide bonds. The Morgan fingerprint density at radius 1 is 1.30 bits per heavy atom. The first-order valence-corrected chi connectivity index (χ1v) is 9.31. The van der Waals surface area contributed by atoms with Gasteiger partial charge >= 0.3 is 6.18 Å². The van der Waals surface area contributed by atoms with E-state index in [1.165, 1.54) is 23.4 Å². The fourth-order valence-electron chi connectivity index (χ4n) is 2.94. The summed E-state index contributed by atoms with van der Waals surface area (Å²) in [5.41, 5.74) is -0.447. The molecule has 1 atom stereocenters. The van der Waals surface area contributed by atoms with Crippen molar-refractivity contribution in [2.45, 2.75) is 45.7 Å². The van der Waals surface area contributed by atoms with E-state index in [1.807, 2.05) is 13.8 Å². The molecule has 5 nitrogen and oxygen atoms in total. The molecule has 2 aromatic heterocycles. The fourth-order valence-corrected chi connectivity index (χ4v) is 3.56. The third kappa shape index (κ3) is 4.91. The smallest absolute Gasteiger partial charge is 0.338 e. The van der Waals surface area contributed by atoms with Crippen LogP contribution < -0.4 is 5.56 Å². The van der Waals surface area contributed by atoms with Gasteiger partial charge in [-0.3, -0.25) is 9.59 Å². The molecule has 0 aromatic carbocycles. The third-order valence-electron chi connectivity index (χ3n) is 4.10. The molecule has 0 aliphatic carbocycles. The number of carbonyl (C=O) groups is 1. The van der Waals surface area contributed by atoms with Crippen molar-refractivity contribution < 1.29 is 22.4 Å². The lowest BCUT2D eigenvalue weighted by atomic mass is 10.3. The monoisotopic (exact) mass is 453 g/mol. The standard InChI is InChI=1S/C15H14BrF4N3O2.C2H6/c16-10-6-23(8-15(18,19)20)11-2-4-22(14(25)13(10)11)7-12(24)21-3-1-9(17)5-21;1-2/h2,4,6,9H,1,3,5,7-8H2;1-2H3. The summed E-state index contributed by atoms with van der Waals surface area (Å²) < 4.78 is 53.4. The van der Waals surface area contributed by atoms with Crippen LogP contribution in [0.15, 0.2) is 27.7 Å². The Morgan fingerprint density at radius 3 is 2.52 bits per heavy atom. The molecule has 0 bridgehead atoms. The molecule has 3 rings (SSSR count). The van der Waals surface area contributed by atoms with E-state index >= 15 is 0 Å². The zero-order valence-electron chi connectivity index (χ0n) is 14.9. The van der Waals surface area contributed by atoms with Crippen molar-refractivity contribution in [1.82, 2.24) is 14.0 Å². The van der Waals surface area contributed by atoms with Crippen molar-refractivity contribution >= 4 is 32.7 Å². The molecule has 150 valence electrons. The van der Waals surface area contributed by atoms with Crippen molar-refractivity contribution in [3.63, 3.8) is 0 Å². The number of hydrogen-bond donors (Lipinski definition) is 0. The molecule has 0 radical (unpaired) electrons. The predicted octanol–water partition coefficient (Wildman–Crippen LogP) is 3.72. The molecule has 27 heavy (non-hydrogen) atoms. The van der Waals surface area contributed by atoms with Gasteiger partial charge in [-0.25, -0.2) is 4.39 Å². The third-order valence-corrected chi connectivity index (χ3v) is 4.70. The summed E-state index contributed by atoms with van der Waals surface area (Å²) >= 11 is 3.10. The number of likely N-dealkylation sites (tertiary alicyclic amines) is 1. The number of hydrogen-bond acceptors (Lipinski definition) is 2. The van der Waals surface area contributed by atoms with Gasteiger partial charge in [0.2, 0.25) is 5.91 Å². The summed E-state index contributed by atoms with van der Waals surface area (Å²) in [6.45, 7) is 2.80. The number of carbonyl (C=O) groups excluding carboxylic acids is 1. The van der Waals surface area contributed by atoms with Gasteiger partial charge < -0.3 is 14.0 Å². The van der Waals surface area contributed by atoms with E-state index in [1.54, 1.807) is 0 Å². The van der Waals surface area contributed by atoms with E-state index in [-0.39, 0.29) is 34.9 Å². The van der Waals surface area contributed by atoms with Gasteiger partial charge in [0, 0.05) is 23.4 Å². The minimum absolute atomic E-state index is 0.00147. The SMILES string of the molecule is CC.O=C(Cn1ccc2c(c(Br)cn2CC(F)(F)F)c1=O)N1CCC(F)C1. The Labute approximate surface area is 161 Å². The Kier molecular flexibility index (Phi) is 6.72. The van der Waals surface area contributed by atoms with E-state index in [9.17, 15) is 27.2 Å². The van der Waals surface area contributed by atoms with Gasteiger partial charge in [0.1, 0.15) is 19.3 Å². The molecule has 1 unspecified atom stereocenters. The lowest BCUT2D eigenvalue weighted by Gasteiger charge is -2.16. The summed E-state index contributed by atoms with van der Waals surface area (Å²) in [6, 6.07) is 1.36. The van der Waals surface area contributed by atoms with Crippen LogP contribution in [0.5, 0.6) is 0 Å². The Bertz CT molecular complexity index is 875. The molecule has 1 fully saturated rings. The van der Waals surface area contributed by atoms with Crippen molar-refractivity contribution in [2.75, 3.05) is 13.1 Å². The number of halogens is 5.